The van der Waals surface area contributed by atoms with E-state index in [4.69, 9.17) is 5.11 Å². The van der Waals surface area contributed by atoms with E-state index in [1.54, 1.807) is 0 Å². The van der Waals surface area contributed by atoms with Crippen LogP contribution in [0.1, 0.15) is 22.3 Å². The van der Waals surface area contributed by atoms with Crippen molar-refractivity contribution in [2.75, 3.05) is 6.61 Å². The fraction of sp³-hybridized carbons (Fsp3) is 0.364. The molecular weight excluding hydrogens is 294 g/mol. The minimum Gasteiger partial charge on any atom is -0.492 e. The van der Waals surface area contributed by atoms with Crippen molar-refractivity contribution < 1.29 is 41.0 Å². The minimum absolute atomic E-state index is 0.311. The Bertz CT molecular complexity index is 492. The van der Waals surface area contributed by atoms with E-state index in [0.717, 1.165) is 0 Å². The normalized spacial score (nSPS) is 12.3. The SMILES string of the molecule is O=C(O)c1cc(C(F)(F)F)ccc1OCCC(F)(F)F. The van der Waals surface area contributed by atoms with Gasteiger partial charge in [0.2, 0.25) is 0 Å². The zero-order valence-electron chi connectivity index (χ0n) is 9.68. The van der Waals surface area contributed by atoms with Gasteiger partial charge in [-0.1, -0.05) is 0 Å². The molecule has 1 aromatic rings. The van der Waals surface area contributed by atoms with Crippen LogP contribution in [0.2, 0.25) is 0 Å². The number of aromatic carboxylic acids is 1. The van der Waals surface area contributed by atoms with Crippen LogP contribution in [0.15, 0.2) is 18.2 Å². The molecule has 0 spiro atoms. The van der Waals surface area contributed by atoms with Gasteiger partial charge in [0.05, 0.1) is 18.6 Å². The Kier molecular flexibility index (Phi) is 4.51. The average Bonchev–Trinajstić information content (AvgIpc) is 2.25. The highest BCUT2D eigenvalue weighted by molar-refractivity contribution is 5.91. The lowest BCUT2D eigenvalue weighted by molar-refractivity contribution is -0.139. The van der Waals surface area contributed by atoms with Crippen LogP contribution in [-0.4, -0.2) is 23.9 Å². The molecule has 1 aromatic carbocycles. The third-order valence-electron chi connectivity index (χ3n) is 2.18. The number of carboxylic acid groups (broad SMARTS) is 1. The number of benzene rings is 1. The standard InChI is InChI=1S/C11H8F6O3/c12-10(13,14)3-4-20-8-2-1-6(11(15,16)17)5-7(8)9(18)19/h1-2,5H,3-4H2,(H,18,19). The maximum Gasteiger partial charge on any atom is 0.416 e. The summed E-state index contributed by atoms with van der Waals surface area (Å²) in [6, 6.07) is 1.53. The summed E-state index contributed by atoms with van der Waals surface area (Å²) >= 11 is 0. The van der Waals surface area contributed by atoms with Crippen LogP contribution >= 0.6 is 0 Å². The molecule has 0 aromatic heterocycles. The van der Waals surface area contributed by atoms with Gasteiger partial charge in [-0.05, 0) is 18.2 Å². The molecule has 0 amide bonds. The highest BCUT2D eigenvalue weighted by Gasteiger charge is 2.32. The van der Waals surface area contributed by atoms with E-state index in [1.165, 1.54) is 0 Å². The first-order valence-corrected chi connectivity index (χ1v) is 5.15. The van der Waals surface area contributed by atoms with Gasteiger partial charge in [-0.3, -0.25) is 0 Å². The highest BCUT2D eigenvalue weighted by Crippen LogP contribution is 2.33. The van der Waals surface area contributed by atoms with E-state index < -0.39 is 48.2 Å². The summed E-state index contributed by atoms with van der Waals surface area (Å²) in [6.07, 6.45) is -10.6. The van der Waals surface area contributed by atoms with Crippen LogP contribution in [-0.2, 0) is 6.18 Å². The molecule has 0 atom stereocenters. The second kappa shape index (κ2) is 5.59. The maximum absolute atomic E-state index is 12.4. The third kappa shape index (κ3) is 4.63. The number of hydrogen-bond acceptors (Lipinski definition) is 2. The van der Waals surface area contributed by atoms with Gasteiger partial charge < -0.3 is 9.84 Å². The highest BCUT2D eigenvalue weighted by atomic mass is 19.4. The van der Waals surface area contributed by atoms with Crippen molar-refractivity contribution in [1.29, 1.82) is 0 Å². The zero-order chi connectivity index (χ0) is 15.6. The Morgan fingerprint density at radius 1 is 1.15 bits per heavy atom. The van der Waals surface area contributed by atoms with Crippen LogP contribution in [0.3, 0.4) is 0 Å². The summed E-state index contributed by atoms with van der Waals surface area (Å²) in [5, 5.41) is 8.75. The molecule has 1 N–H and O–H groups in total. The molecule has 0 radical (unpaired) electrons. The Balaban J connectivity index is 2.94. The molecule has 0 aliphatic heterocycles. The topological polar surface area (TPSA) is 46.5 Å². The largest absolute Gasteiger partial charge is 0.492 e. The fourth-order valence-corrected chi connectivity index (χ4v) is 1.28. The van der Waals surface area contributed by atoms with Gasteiger partial charge in [0, 0.05) is 0 Å². The van der Waals surface area contributed by atoms with Crippen LogP contribution in [0.4, 0.5) is 26.3 Å². The van der Waals surface area contributed by atoms with Gasteiger partial charge in [0.15, 0.2) is 0 Å². The summed E-state index contributed by atoms with van der Waals surface area (Å²) in [4.78, 5) is 10.8. The Morgan fingerprint density at radius 2 is 1.75 bits per heavy atom. The molecule has 0 fully saturated rings. The zero-order valence-corrected chi connectivity index (χ0v) is 9.68. The summed E-state index contributed by atoms with van der Waals surface area (Å²) in [7, 11) is 0. The van der Waals surface area contributed by atoms with Crippen LogP contribution < -0.4 is 4.74 Å². The molecule has 0 saturated heterocycles. The van der Waals surface area contributed by atoms with E-state index in [1.807, 2.05) is 0 Å². The van der Waals surface area contributed by atoms with Gasteiger partial charge in [-0.25, -0.2) is 4.79 Å². The first kappa shape index (κ1) is 16.1. The van der Waals surface area contributed by atoms with Crippen LogP contribution in [0, 0.1) is 0 Å². The molecule has 0 unspecified atom stereocenters. The van der Waals surface area contributed by atoms with Gasteiger partial charge in [-0.15, -0.1) is 0 Å². The van der Waals surface area contributed by atoms with Crippen molar-refractivity contribution >= 4 is 5.97 Å². The second-order valence-corrected chi connectivity index (χ2v) is 3.73. The van der Waals surface area contributed by atoms with Crippen molar-refractivity contribution in [3.05, 3.63) is 29.3 Å². The van der Waals surface area contributed by atoms with Crippen molar-refractivity contribution in [2.24, 2.45) is 0 Å². The third-order valence-corrected chi connectivity index (χ3v) is 2.18. The number of rotatable bonds is 4. The van der Waals surface area contributed by atoms with Gasteiger partial charge in [0.25, 0.3) is 0 Å². The summed E-state index contributed by atoms with van der Waals surface area (Å²) < 4.78 is 77.4. The number of carbonyl (C=O) groups is 1. The van der Waals surface area contributed by atoms with Crippen molar-refractivity contribution in [3.63, 3.8) is 0 Å². The molecular formula is C11H8F6O3. The lowest BCUT2D eigenvalue weighted by atomic mass is 10.1. The maximum atomic E-state index is 12.4. The van der Waals surface area contributed by atoms with Gasteiger partial charge in [0.1, 0.15) is 11.3 Å². The molecule has 3 nitrogen and oxygen atoms in total. The molecule has 0 bridgehead atoms. The minimum atomic E-state index is -4.76. The average molecular weight is 302 g/mol. The lowest BCUT2D eigenvalue weighted by Gasteiger charge is -2.13. The Labute approximate surface area is 108 Å². The molecule has 0 heterocycles. The number of halogens is 6. The number of carboxylic acids is 1. The van der Waals surface area contributed by atoms with Crippen molar-refractivity contribution in [2.45, 2.75) is 18.8 Å². The Morgan fingerprint density at radius 3 is 2.20 bits per heavy atom. The predicted molar refractivity (Wildman–Crippen MR) is 54.6 cm³/mol. The van der Waals surface area contributed by atoms with Crippen molar-refractivity contribution in [1.82, 2.24) is 0 Å². The van der Waals surface area contributed by atoms with Crippen molar-refractivity contribution in [3.8, 4) is 5.75 Å². The van der Waals surface area contributed by atoms with Gasteiger partial charge >= 0.3 is 18.3 Å². The first-order valence-electron chi connectivity index (χ1n) is 5.15. The van der Waals surface area contributed by atoms with E-state index in [2.05, 4.69) is 4.74 Å². The molecule has 0 aliphatic carbocycles. The first-order chi connectivity index (χ1) is 9.00. The number of ether oxygens (including phenoxy) is 1. The van der Waals surface area contributed by atoms with E-state index in [9.17, 15) is 31.1 Å². The van der Waals surface area contributed by atoms with Gasteiger partial charge in [-0.2, -0.15) is 26.3 Å². The number of hydrogen-bond donors (Lipinski definition) is 1. The molecule has 20 heavy (non-hydrogen) atoms. The van der Waals surface area contributed by atoms with E-state index in [0.29, 0.717) is 18.2 Å². The monoisotopic (exact) mass is 302 g/mol. The molecule has 112 valence electrons. The molecule has 0 saturated carbocycles. The van der Waals surface area contributed by atoms with Crippen LogP contribution in [0.5, 0.6) is 5.75 Å². The Hall–Kier alpha value is -1.93. The van der Waals surface area contributed by atoms with Crippen LogP contribution in [0.25, 0.3) is 0 Å². The molecule has 0 aliphatic rings. The second-order valence-electron chi connectivity index (χ2n) is 3.73. The van der Waals surface area contributed by atoms with E-state index >= 15 is 0 Å². The smallest absolute Gasteiger partial charge is 0.416 e. The fourth-order valence-electron chi connectivity index (χ4n) is 1.28. The molecule has 9 heteroatoms. The summed E-state index contributed by atoms with van der Waals surface area (Å²) in [5.41, 5.74) is -2.07. The lowest BCUT2D eigenvalue weighted by Crippen LogP contribution is -2.15. The quantitative estimate of drug-likeness (QED) is 0.862. The number of alkyl halides is 6. The van der Waals surface area contributed by atoms with E-state index in [-0.39, 0.29) is 0 Å². The summed E-state index contributed by atoms with van der Waals surface area (Å²) in [5.74, 6) is -2.27. The predicted octanol–water partition coefficient (Wildman–Crippen LogP) is 3.73. The molecule has 1 rings (SSSR count). The summed E-state index contributed by atoms with van der Waals surface area (Å²) in [6.45, 7) is -0.880.